The lowest BCUT2D eigenvalue weighted by Crippen LogP contribution is -2.45. The molecule has 1 saturated heterocycles. The summed E-state index contributed by atoms with van der Waals surface area (Å²) in [5.74, 6) is -0.561. The molecule has 1 aliphatic heterocycles. The Kier molecular flexibility index (Phi) is 2.85. The van der Waals surface area contributed by atoms with Gasteiger partial charge in [-0.05, 0) is 13.8 Å². The molecule has 86 valence electrons. The van der Waals surface area contributed by atoms with Gasteiger partial charge in [0.15, 0.2) is 5.79 Å². The highest BCUT2D eigenvalue weighted by Crippen LogP contribution is 2.36. The van der Waals surface area contributed by atoms with Gasteiger partial charge in [0, 0.05) is 14.2 Å². The first-order chi connectivity index (χ1) is 7.07. The molecule has 0 saturated carbocycles. The summed E-state index contributed by atoms with van der Waals surface area (Å²) in [5, 5.41) is 0. The Bertz CT molecular complexity index is 237. The van der Waals surface area contributed by atoms with Gasteiger partial charge in [0.25, 0.3) is 0 Å². The molecule has 2 rings (SSSR count). The second-order valence-electron chi connectivity index (χ2n) is 4.35. The predicted molar refractivity (Wildman–Crippen MR) is 54.6 cm³/mol. The van der Waals surface area contributed by atoms with Crippen molar-refractivity contribution in [1.82, 2.24) is 0 Å². The molecule has 0 spiro atoms. The number of methoxy groups -OCH3 is 2. The van der Waals surface area contributed by atoms with Crippen LogP contribution in [-0.4, -0.2) is 44.4 Å². The second kappa shape index (κ2) is 3.87. The summed E-state index contributed by atoms with van der Waals surface area (Å²) in [4.78, 5) is 0. The van der Waals surface area contributed by atoms with Gasteiger partial charge in [-0.15, -0.1) is 0 Å². The van der Waals surface area contributed by atoms with Crippen molar-refractivity contribution in [3.8, 4) is 0 Å². The van der Waals surface area contributed by atoms with E-state index in [1.165, 1.54) is 0 Å². The van der Waals surface area contributed by atoms with Crippen LogP contribution in [0.3, 0.4) is 0 Å². The van der Waals surface area contributed by atoms with E-state index >= 15 is 0 Å². The molecule has 0 amide bonds. The zero-order valence-electron chi connectivity index (χ0n) is 9.60. The fourth-order valence-electron chi connectivity index (χ4n) is 2.19. The van der Waals surface area contributed by atoms with E-state index in [0.29, 0.717) is 0 Å². The van der Waals surface area contributed by atoms with Crippen molar-refractivity contribution in [3.63, 3.8) is 0 Å². The number of fused-ring (bicyclic) bond motifs is 1. The molecule has 0 aromatic rings. The molecule has 4 atom stereocenters. The Balaban J connectivity index is 2.20. The van der Waals surface area contributed by atoms with Crippen molar-refractivity contribution in [1.29, 1.82) is 0 Å². The molecule has 4 heteroatoms. The van der Waals surface area contributed by atoms with E-state index in [1.807, 2.05) is 26.0 Å². The summed E-state index contributed by atoms with van der Waals surface area (Å²) in [7, 11) is 3.35. The zero-order valence-corrected chi connectivity index (χ0v) is 9.60. The maximum absolute atomic E-state index is 5.81. The third-order valence-corrected chi connectivity index (χ3v) is 2.85. The van der Waals surface area contributed by atoms with Crippen LogP contribution in [0, 0.1) is 0 Å². The summed E-state index contributed by atoms with van der Waals surface area (Å²) < 4.78 is 22.3. The van der Waals surface area contributed by atoms with E-state index in [4.69, 9.17) is 18.9 Å². The SMILES string of the molecule is CO[C@@H]1C=C[C@@H](OC)[C@H]2OC(C)(C)O[C@@H]21. The van der Waals surface area contributed by atoms with Gasteiger partial charge in [-0.3, -0.25) is 0 Å². The van der Waals surface area contributed by atoms with Gasteiger partial charge in [0.05, 0.1) is 0 Å². The molecule has 4 nitrogen and oxygen atoms in total. The second-order valence-corrected chi connectivity index (χ2v) is 4.35. The molecule has 1 heterocycles. The summed E-state index contributed by atoms with van der Waals surface area (Å²) >= 11 is 0. The van der Waals surface area contributed by atoms with Crippen molar-refractivity contribution in [2.75, 3.05) is 14.2 Å². The first-order valence-electron chi connectivity index (χ1n) is 5.17. The minimum absolute atomic E-state index is 0.0526. The zero-order chi connectivity index (χ0) is 11.1. The standard InChI is InChI=1S/C11H18O4/c1-11(2)14-9-7(12-3)5-6-8(13-4)10(9)15-11/h5-10H,1-4H3/t7-,8-,9-,10-/m1/s1. The Morgan fingerprint density at radius 2 is 1.33 bits per heavy atom. The molecule has 0 aromatic carbocycles. The lowest BCUT2D eigenvalue weighted by molar-refractivity contribution is -0.157. The largest absolute Gasteiger partial charge is 0.375 e. The molecule has 0 radical (unpaired) electrons. The topological polar surface area (TPSA) is 36.9 Å². The number of hydrogen-bond donors (Lipinski definition) is 0. The Hall–Kier alpha value is -0.420. The molecular formula is C11H18O4. The van der Waals surface area contributed by atoms with E-state index < -0.39 is 5.79 Å². The van der Waals surface area contributed by atoms with Crippen molar-refractivity contribution in [2.45, 2.75) is 44.1 Å². The van der Waals surface area contributed by atoms with Gasteiger partial charge in [-0.25, -0.2) is 0 Å². The van der Waals surface area contributed by atoms with E-state index in [2.05, 4.69) is 0 Å². The fraction of sp³-hybridized carbons (Fsp3) is 0.818. The molecular weight excluding hydrogens is 196 g/mol. The minimum Gasteiger partial charge on any atom is -0.375 e. The smallest absolute Gasteiger partial charge is 0.164 e. The molecule has 2 aliphatic rings. The van der Waals surface area contributed by atoms with Crippen LogP contribution in [0.2, 0.25) is 0 Å². The summed E-state index contributed by atoms with van der Waals surface area (Å²) in [6.07, 6.45) is 3.67. The van der Waals surface area contributed by atoms with Crippen molar-refractivity contribution in [2.24, 2.45) is 0 Å². The van der Waals surface area contributed by atoms with E-state index in [-0.39, 0.29) is 24.4 Å². The van der Waals surface area contributed by atoms with Crippen molar-refractivity contribution < 1.29 is 18.9 Å². The third-order valence-electron chi connectivity index (χ3n) is 2.85. The highest BCUT2D eigenvalue weighted by molar-refractivity contribution is 5.12. The predicted octanol–water partition coefficient (Wildman–Crippen LogP) is 1.11. The summed E-state index contributed by atoms with van der Waals surface area (Å²) in [6, 6.07) is 0. The van der Waals surface area contributed by atoms with Gasteiger partial charge in [-0.2, -0.15) is 0 Å². The van der Waals surface area contributed by atoms with Crippen LogP contribution in [0.25, 0.3) is 0 Å². The average Bonchev–Trinajstić information content (AvgIpc) is 2.51. The quantitative estimate of drug-likeness (QED) is 0.645. The van der Waals surface area contributed by atoms with Gasteiger partial charge >= 0.3 is 0 Å². The lowest BCUT2D eigenvalue weighted by Gasteiger charge is -2.30. The minimum atomic E-state index is -0.561. The molecule has 15 heavy (non-hydrogen) atoms. The van der Waals surface area contributed by atoms with Crippen molar-refractivity contribution in [3.05, 3.63) is 12.2 Å². The van der Waals surface area contributed by atoms with Crippen LogP contribution in [0.15, 0.2) is 12.2 Å². The van der Waals surface area contributed by atoms with Crippen LogP contribution < -0.4 is 0 Å². The Morgan fingerprint density at radius 1 is 0.933 bits per heavy atom. The number of rotatable bonds is 2. The van der Waals surface area contributed by atoms with Crippen molar-refractivity contribution >= 4 is 0 Å². The third kappa shape index (κ3) is 1.95. The van der Waals surface area contributed by atoms with Crippen LogP contribution in [0.4, 0.5) is 0 Å². The van der Waals surface area contributed by atoms with Crippen LogP contribution in [0.1, 0.15) is 13.8 Å². The molecule has 1 fully saturated rings. The van der Waals surface area contributed by atoms with Crippen LogP contribution in [-0.2, 0) is 18.9 Å². The van der Waals surface area contributed by atoms with Gasteiger partial charge in [0.1, 0.15) is 24.4 Å². The summed E-state index contributed by atoms with van der Waals surface area (Å²) in [6.45, 7) is 3.82. The maximum atomic E-state index is 5.81. The average molecular weight is 214 g/mol. The van der Waals surface area contributed by atoms with E-state index in [9.17, 15) is 0 Å². The Morgan fingerprint density at radius 3 is 1.67 bits per heavy atom. The maximum Gasteiger partial charge on any atom is 0.164 e. The van der Waals surface area contributed by atoms with Gasteiger partial charge in [0.2, 0.25) is 0 Å². The van der Waals surface area contributed by atoms with Gasteiger partial charge in [-0.1, -0.05) is 12.2 Å². The van der Waals surface area contributed by atoms with E-state index in [1.54, 1.807) is 14.2 Å². The normalized spacial score (nSPS) is 42.9. The van der Waals surface area contributed by atoms with E-state index in [0.717, 1.165) is 0 Å². The lowest BCUT2D eigenvalue weighted by atomic mass is 9.96. The number of ether oxygens (including phenoxy) is 4. The molecule has 0 N–H and O–H groups in total. The van der Waals surface area contributed by atoms with Crippen LogP contribution in [0.5, 0.6) is 0 Å². The highest BCUT2D eigenvalue weighted by atomic mass is 16.8. The summed E-state index contributed by atoms with van der Waals surface area (Å²) in [5.41, 5.74) is 0. The first-order valence-corrected chi connectivity index (χ1v) is 5.17. The number of hydrogen-bond acceptors (Lipinski definition) is 4. The highest BCUT2D eigenvalue weighted by Gasteiger charge is 2.49. The molecule has 0 aromatic heterocycles. The van der Waals surface area contributed by atoms with Crippen LogP contribution >= 0.6 is 0 Å². The monoisotopic (exact) mass is 214 g/mol. The van der Waals surface area contributed by atoms with Gasteiger partial charge < -0.3 is 18.9 Å². The molecule has 0 bridgehead atoms. The molecule has 1 aliphatic carbocycles. The fourth-order valence-corrected chi connectivity index (χ4v) is 2.19. The Labute approximate surface area is 90.1 Å². The first kappa shape index (κ1) is 11.1. The molecule has 0 unspecified atom stereocenters.